The molecule has 1 amide bonds. The van der Waals surface area contributed by atoms with E-state index < -0.39 is 17.7 Å². The molecular formula is C23H36N2O5. The van der Waals surface area contributed by atoms with E-state index in [2.05, 4.69) is 5.32 Å². The van der Waals surface area contributed by atoms with E-state index in [0.717, 1.165) is 12.0 Å². The molecule has 1 fully saturated rings. The molecule has 3 N–H and O–H groups in total. The molecule has 0 radical (unpaired) electrons. The summed E-state index contributed by atoms with van der Waals surface area (Å²) in [6, 6.07) is 5.42. The molecule has 168 valence electrons. The Morgan fingerprint density at radius 3 is 2.50 bits per heavy atom. The maximum absolute atomic E-state index is 12.2. The first-order chi connectivity index (χ1) is 14.2. The van der Waals surface area contributed by atoms with Crippen molar-refractivity contribution in [3.63, 3.8) is 0 Å². The number of carbonyl (C=O) groups excluding carboxylic acids is 2. The molecule has 0 heterocycles. The Bertz CT molecular complexity index is 693. The number of alkyl carbamates (subject to hydrolysis) is 1. The summed E-state index contributed by atoms with van der Waals surface area (Å²) >= 11 is 0. The molecule has 0 aromatic heterocycles. The van der Waals surface area contributed by atoms with Gasteiger partial charge < -0.3 is 25.3 Å². The van der Waals surface area contributed by atoms with Crippen LogP contribution in [0.1, 0.15) is 68.8 Å². The van der Waals surface area contributed by atoms with Crippen molar-refractivity contribution in [3.8, 4) is 0 Å². The van der Waals surface area contributed by atoms with Crippen LogP contribution in [0.5, 0.6) is 0 Å². The number of nitrogens with one attached hydrogen (secondary N) is 1. The molecule has 7 nitrogen and oxygen atoms in total. The molecule has 7 heteroatoms. The minimum atomic E-state index is -0.531. The van der Waals surface area contributed by atoms with Gasteiger partial charge in [-0.25, -0.2) is 9.59 Å². The number of hydrogen-bond donors (Lipinski definition) is 2. The molecule has 1 saturated carbocycles. The zero-order valence-electron chi connectivity index (χ0n) is 18.5. The Morgan fingerprint density at radius 2 is 1.83 bits per heavy atom. The standard InChI is InChI=1S/C23H36N2O5/c1-23(2,3)30-22(27)25-11-12-28-13-14-29-21(26)19-10-9-18(20(24)16-19)15-17-7-5-4-6-8-17/h9-10,16-17H,4-8,11-15,24H2,1-3H3,(H,25,27). The smallest absolute Gasteiger partial charge is 0.407 e. The van der Waals surface area contributed by atoms with Crippen LogP contribution in [0.4, 0.5) is 10.5 Å². The van der Waals surface area contributed by atoms with Gasteiger partial charge in [-0.15, -0.1) is 0 Å². The molecule has 0 saturated heterocycles. The van der Waals surface area contributed by atoms with Crippen LogP contribution in [0.2, 0.25) is 0 Å². The van der Waals surface area contributed by atoms with E-state index in [9.17, 15) is 9.59 Å². The van der Waals surface area contributed by atoms with Crippen LogP contribution in [-0.2, 0) is 20.6 Å². The SMILES string of the molecule is CC(C)(C)OC(=O)NCCOCCOC(=O)c1ccc(CC2CCCCC2)c(N)c1. The summed E-state index contributed by atoms with van der Waals surface area (Å²) in [6.07, 6.45) is 6.95. The van der Waals surface area contributed by atoms with Gasteiger partial charge in [0.05, 0.1) is 18.8 Å². The summed E-state index contributed by atoms with van der Waals surface area (Å²) in [5, 5.41) is 2.60. The topological polar surface area (TPSA) is 99.9 Å². The van der Waals surface area contributed by atoms with E-state index in [1.165, 1.54) is 32.1 Å². The van der Waals surface area contributed by atoms with Crippen LogP contribution in [0.25, 0.3) is 0 Å². The number of benzene rings is 1. The Labute approximate surface area is 179 Å². The van der Waals surface area contributed by atoms with Crippen molar-refractivity contribution in [1.82, 2.24) is 5.32 Å². The van der Waals surface area contributed by atoms with Gasteiger partial charge in [-0.05, 0) is 50.8 Å². The Kier molecular flexibility index (Phi) is 9.43. The number of anilines is 1. The molecular weight excluding hydrogens is 384 g/mol. The predicted octanol–water partition coefficient (Wildman–Crippen LogP) is 4.09. The first-order valence-corrected chi connectivity index (χ1v) is 10.8. The molecule has 1 aromatic carbocycles. The van der Waals surface area contributed by atoms with Crippen LogP contribution in [0.3, 0.4) is 0 Å². The first-order valence-electron chi connectivity index (χ1n) is 10.8. The molecule has 1 aromatic rings. The van der Waals surface area contributed by atoms with Gasteiger partial charge in [0.25, 0.3) is 0 Å². The van der Waals surface area contributed by atoms with Gasteiger partial charge in [0, 0.05) is 12.2 Å². The molecule has 0 spiro atoms. The van der Waals surface area contributed by atoms with E-state index >= 15 is 0 Å². The average molecular weight is 421 g/mol. The lowest BCUT2D eigenvalue weighted by Crippen LogP contribution is -2.34. The summed E-state index contributed by atoms with van der Waals surface area (Å²) < 4.78 is 15.7. The number of esters is 1. The number of carbonyl (C=O) groups is 2. The average Bonchev–Trinajstić information content (AvgIpc) is 2.68. The predicted molar refractivity (Wildman–Crippen MR) is 116 cm³/mol. The van der Waals surface area contributed by atoms with E-state index in [-0.39, 0.29) is 13.2 Å². The molecule has 0 unspecified atom stereocenters. The van der Waals surface area contributed by atoms with Crippen molar-refractivity contribution in [2.45, 2.75) is 64.9 Å². The van der Waals surface area contributed by atoms with E-state index in [1.807, 2.05) is 6.07 Å². The fraction of sp³-hybridized carbons (Fsp3) is 0.652. The Morgan fingerprint density at radius 1 is 1.10 bits per heavy atom. The molecule has 0 bridgehead atoms. The van der Waals surface area contributed by atoms with Crippen LogP contribution >= 0.6 is 0 Å². The summed E-state index contributed by atoms with van der Waals surface area (Å²) in [5.74, 6) is 0.280. The molecule has 1 aliphatic rings. The second-order valence-corrected chi connectivity index (χ2v) is 8.80. The summed E-state index contributed by atoms with van der Waals surface area (Å²) in [5.41, 5.74) is 7.85. The monoisotopic (exact) mass is 420 g/mol. The van der Waals surface area contributed by atoms with Crippen molar-refractivity contribution in [3.05, 3.63) is 29.3 Å². The van der Waals surface area contributed by atoms with Crippen molar-refractivity contribution < 1.29 is 23.8 Å². The Hall–Kier alpha value is -2.28. The first kappa shape index (κ1) is 24.0. The summed E-state index contributed by atoms with van der Waals surface area (Å²) in [7, 11) is 0. The second kappa shape index (κ2) is 11.8. The zero-order chi connectivity index (χ0) is 22.0. The fourth-order valence-electron chi connectivity index (χ4n) is 3.53. The number of rotatable bonds is 9. The van der Waals surface area contributed by atoms with Gasteiger partial charge in [-0.3, -0.25) is 0 Å². The highest BCUT2D eigenvalue weighted by Gasteiger charge is 2.17. The second-order valence-electron chi connectivity index (χ2n) is 8.80. The highest BCUT2D eigenvalue weighted by atomic mass is 16.6. The quantitative estimate of drug-likeness (QED) is 0.355. The lowest BCUT2D eigenvalue weighted by atomic mass is 9.84. The van der Waals surface area contributed by atoms with Gasteiger partial charge in [-0.1, -0.05) is 38.2 Å². The molecule has 1 aliphatic carbocycles. The van der Waals surface area contributed by atoms with Gasteiger partial charge in [0.15, 0.2) is 0 Å². The lowest BCUT2D eigenvalue weighted by Gasteiger charge is -2.22. The fourth-order valence-corrected chi connectivity index (χ4v) is 3.53. The molecule has 2 rings (SSSR count). The van der Waals surface area contributed by atoms with Crippen molar-refractivity contribution >= 4 is 17.7 Å². The maximum Gasteiger partial charge on any atom is 0.407 e. The molecule has 0 atom stereocenters. The van der Waals surface area contributed by atoms with Gasteiger partial charge >= 0.3 is 12.1 Å². The number of hydrogen-bond acceptors (Lipinski definition) is 6. The third-order valence-corrected chi connectivity index (χ3v) is 4.99. The van der Waals surface area contributed by atoms with E-state index in [4.69, 9.17) is 19.9 Å². The van der Waals surface area contributed by atoms with E-state index in [1.54, 1.807) is 32.9 Å². The van der Waals surface area contributed by atoms with Crippen LogP contribution in [0.15, 0.2) is 18.2 Å². The van der Waals surface area contributed by atoms with Crippen LogP contribution < -0.4 is 11.1 Å². The van der Waals surface area contributed by atoms with Crippen molar-refractivity contribution in [1.29, 1.82) is 0 Å². The third kappa shape index (κ3) is 9.03. The third-order valence-electron chi connectivity index (χ3n) is 4.99. The van der Waals surface area contributed by atoms with Crippen LogP contribution in [0, 0.1) is 5.92 Å². The van der Waals surface area contributed by atoms with Gasteiger partial charge in [-0.2, -0.15) is 0 Å². The summed E-state index contributed by atoms with van der Waals surface area (Å²) in [6.45, 7) is 6.41. The number of ether oxygens (including phenoxy) is 3. The highest BCUT2D eigenvalue weighted by Crippen LogP contribution is 2.29. The normalized spacial score (nSPS) is 14.9. The van der Waals surface area contributed by atoms with Crippen LogP contribution in [-0.4, -0.2) is 44.0 Å². The number of amides is 1. The molecule has 0 aliphatic heterocycles. The Balaban J connectivity index is 1.62. The maximum atomic E-state index is 12.2. The largest absolute Gasteiger partial charge is 0.460 e. The number of nitrogens with two attached hydrogens (primary N) is 1. The lowest BCUT2D eigenvalue weighted by molar-refractivity contribution is 0.0308. The molecule has 30 heavy (non-hydrogen) atoms. The minimum absolute atomic E-state index is 0.134. The highest BCUT2D eigenvalue weighted by molar-refractivity contribution is 5.90. The summed E-state index contributed by atoms with van der Waals surface area (Å²) in [4.78, 5) is 23.7. The van der Waals surface area contributed by atoms with Crippen molar-refractivity contribution in [2.75, 3.05) is 32.1 Å². The van der Waals surface area contributed by atoms with Gasteiger partial charge in [0.1, 0.15) is 12.2 Å². The zero-order valence-corrected chi connectivity index (χ0v) is 18.5. The van der Waals surface area contributed by atoms with E-state index in [0.29, 0.717) is 30.3 Å². The minimum Gasteiger partial charge on any atom is -0.460 e. The van der Waals surface area contributed by atoms with Crippen molar-refractivity contribution in [2.24, 2.45) is 5.92 Å². The van der Waals surface area contributed by atoms with Gasteiger partial charge in [0.2, 0.25) is 0 Å². The number of nitrogen functional groups attached to an aromatic ring is 1.